The van der Waals surface area contributed by atoms with Crippen LogP contribution in [0.2, 0.25) is 0 Å². The highest BCUT2D eigenvalue weighted by atomic mass is 16.6. The normalized spacial score (nSPS) is 20.8. The maximum atomic E-state index is 13.1. The predicted molar refractivity (Wildman–Crippen MR) is 219 cm³/mol. The van der Waals surface area contributed by atoms with Crippen molar-refractivity contribution in [2.24, 2.45) is 13.0 Å². The van der Waals surface area contributed by atoms with E-state index in [1.54, 1.807) is 17.9 Å². The van der Waals surface area contributed by atoms with Crippen molar-refractivity contribution in [1.82, 2.24) is 34.3 Å². The van der Waals surface area contributed by atoms with Gasteiger partial charge in [0.15, 0.2) is 0 Å². The molecular formula is C43H61N7O8. The molecule has 1 unspecified atom stereocenters. The van der Waals surface area contributed by atoms with E-state index < -0.39 is 11.9 Å². The van der Waals surface area contributed by atoms with E-state index in [0.717, 1.165) is 68.6 Å². The number of aromatic amines is 1. The Morgan fingerprint density at radius 2 is 1.57 bits per heavy atom. The Morgan fingerprint density at radius 1 is 0.862 bits per heavy atom. The Bertz CT molecular complexity index is 2010. The SMILES string of the molecule is CN(CCOCCOCCOCCOCCCc1cccc2c1n(C)c(=O)n2C1CCC(=O)NC1=O)C1CCC(Cc2ncnc3[nH]cc(C4CCOCC4)c23)CC1. The fourth-order valence-electron chi connectivity index (χ4n) is 9.07. The molecule has 0 spiro atoms. The standard InChI is InChI=1S/C43H61N7O8/c1-48(33-10-8-30(9-11-33)27-35-39-34(31-14-18-55-19-15-31)28-44-41(39)46-29-45-35)16-20-56-22-24-58-26-25-57-23-21-54-17-4-6-32-5-3-7-36-40(32)49(2)43(53)50(36)37-12-13-38(51)47-42(37)52/h3,5,7,28-31,33,37H,4,6,8-27H2,1-2H3,(H,44,45,46)(H,47,51,52). The smallest absolute Gasteiger partial charge is 0.329 e. The van der Waals surface area contributed by atoms with Crippen LogP contribution < -0.4 is 11.0 Å². The summed E-state index contributed by atoms with van der Waals surface area (Å²) in [6.45, 7) is 6.92. The molecule has 316 valence electrons. The zero-order valence-electron chi connectivity index (χ0n) is 34.3. The first-order valence-corrected chi connectivity index (χ1v) is 21.3. The maximum absolute atomic E-state index is 13.1. The molecule has 3 aromatic heterocycles. The number of amides is 2. The molecule has 2 N–H and O–H groups in total. The Hall–Kier alpha value is -3.99. The summed E-state index contributed by atoms with van der Waals surface area (Å²) in [6.07, 6.45) is 13.9. The van der Waals surface area contributed by atoms with E-state index >= 15 is 0 Å². The number of likely N-dealkylation sites (N-methyl/N-ethyl adjacent to an activating group) is 1. The lowest BCUT2D eigenvalue weighted by Gasteiger charge is -2.34. The number of imide groups is 1. The van der Waals surface area contributed by atoms with Gasteiger partial charge in [-0.15, -0.1) is 0 Å². The zero-order valence-corrected chi connectivity index (χ0v) is 34.3. The molecule has 1 atom stereocenters. The van der Waals surface area contributed by atoms with Gasteiger partial charge in [-0.05, 0) is 100 Å². The first kappa shape index (κ1) is 42.1. The predicted octanol–water partition coefficient (Wildman–Crippen LogP) is 4.22. The molecule has 5 heterocycles. The van der Waals surface area contributed by atoms with Crippen molar-refractivity contribution in [3.8, 4) is 0 Å². The van der Waals surface area contributed by atoms with Crippen molar-refractivity contribution in [3.05, 3.63) is 58.0 Å². The summed E-state index contributed by atoms with van der Waals surface area (Å²) < 4.78 is 31.8. The second-order valence-electron chi connectivity index (χ2n) is 16.1. The van der Waals surface area contributed by atoms with Gasteiger partial charge in [-0.1, -0.05) is 12.1 Å². The number of nitrogens with one attached hydrogen (secondary N) is 2. The Kier molecular flexibility index (Phi) is 15.1. The minimum atomic E-state index is -0.692. The second-order valence-corrected chi connectivity index (χ2v) is 16.1. The number of aromatic nitrogens is 5. The van der Waals surface area contributed by atoms with E-state index in [-0.39, 0.29) is 18.0 Å². The average Bonchev–Trinajstić information content (AvgIpc) is 3.79. The third-order valence-corrected chi connectivity index (χ3v) is 12.3. The van der Waals surface area contributed by atoms with Crippen LogP contribution in [0.25, 0.3) is 22.1 Å². The number of ether oxygens (including phenoxy) is 5. The molecule has 3 fully saturated rings. The van der Waals surface area contributed by atoms with Crippen LogP contribution in [0.4, 0.5) is 0 Å². The van der Waals surface area contributed by atoms with Gasteiger partial charge in [0, 0.05) is 57.5 Å². The van der Waals surface area contributed by atoms with Gasteiger partial charge in [0.05, 0.1) is 63.0 Å². The van der Waals surface area contributed by atoms with E-state index in [4.69, 9.17) is 28.7 Å². The van der Waals surface area contributed by atoms with Gasteiger partial charge in [-0.25, -0.2) is 14.8 Å². The van der Waals surface area contributed by atoms with E-state index in [1.165, 1.54) is 46.9 Å². The number of benzene rings is 1. The number of carbonyl (C=O) groups is 2. The lowest BCUT2D eigenvalue weighted by atomic mass is 9.82. The van der Waals surface area contributed by atoms with Crippen LogP contribution >= 0.6 is 0 Å². The number of imidazole rings is 1. The van der Waals surface area contributed by atoms with E-state index in [9.17, 15) is 14.4 Å². The van der Waals surface area contributed by atoms with Gasteiger partial charge in [0.1, 0.15) is 18.0 Å². The van der Waals surface area contributed by atoms with Crippen molar-refractivity contribution in [2.45, 2.75) is 88.6 Å². The Labute approximate surface area is 340 Å². The fraction of sp³-hybridized carbons (Fsp3) is 0.651. The number of fused-ring (bicyclic) bond motifs is 2. The number of rotatable bonds is 21. The monoisotopic (exact) mass is 803 g/mol. The fourth-order valence-corrected chi connectivity index (χ4v) is 9.07. The number of para-hydroxylation sites is 1. The molecule has 58 heavy (non-hydrogen) atoms. The van der Waals surface area contributed by atoms with Gasteiger partial charge in [-0.3, -0.25) is 24.0 Å². The number of aryl methyl sites for hydroxylation is 2. The number of H-pyrrole nitrogens is 1. The molecule has 15 nitrogen and oxygen atoms in total. The minimum Gasteiger partial charge on any atom is -0.381 e. The molecule has 3 aliphatic rings. The maximum Gasteiger partial charge on any atom is 0.329 e. The summed E-state index contributed by atoms with van der Waals surface area (Å²) in [6, 6.07) is 5.66. The highest BCUT2D eigenvalue weighted by Crippen LogP contribution is 2.36. The lowest BCUT2D eigenvalue weighted by molar-refractivity contribution is -0.135. The summed E-state index contributed by atoms with van der Waals surface area (Å²) in [5, 5.41) is 3.61. The molecule has 0 bridgehead atoms. The molecule has 2 saturated heterocycles. The molecule has 1 aromatic carbocycles. The topological polar surface area (TPSA) is 164 Å². The summed E-state index contributed by atoms with van der Waals surface area (Å²) in [5.41, 5.74) is 5.81. The van der Waals surface area contributed by atoms with Gasteiger partial charge >= 0.3 is 5.69 Å². The van der Waals surface area contributed by atoms with E-state index in [0.29, 0.717) is 82.7 Å². The molecule has 1 saturated carbocycles. The van der Waals surface area contributed by atoms with Crippen molar-refractivity contribution >= 4 is 33.9 Å². The van der Waals surface area contributed by atoms with Crippen LogP contribution in [-0.2, 0) is 53.2 Å². The molecule has 2 aliphatic heterocycles. The summed E-state index contributed by atoms with van der Waals surface area (Å²) in [5.74, 6) is 0.441. The highest BCUT2D eigenvalue weighted by Gasteiger charge is 2.32. The van der Waals surface area contributed by atoms with Gasteiger partial charge in [0.2, 0.25) is 11.8 Å². The number of piperidine rings is 1. The Morgan fingerprint density at radius 3 is 2.29 bits per heavy atom. The summed E-state index contributed by atoms with van der Waals surface area (Å²) >= 11 is 0. The van der Waals surface area contributed by atoms with Gasteiger partial charge < -0.3 is 33.6 Å². The van der Waals surface area contributed by atoms with Crippen LogP contribution in [0.1, 0.15) is 86.6 Å². The minimum absolute atomic E-state index is 0.216. The highest BCUT2D eigenvalue weighted by molar-refractivity contribution is 6.00. The molecule has 4 aromatic rings. The van der Waals surface area contributed by atoms with Crippen LogP contribution in [0.3, 0.4) is 0 Å². The Balaban J connectivity index is 0.697. The number of nitrogens with zero attached hydrogens (tertiary/aromatic N) is 5. The molecule has 7 rings (SSSR count). The lowest BCUT2D eigenvalue weighted by Crippen LogP contribution is -2.44. The quantitative estimate of drug-likeness (QED) is 0.0917. The van der Waals surface area contributed by atoms with Gasteiger partial charge in [-0.2, -0.15) is 0 Å². The van der Waals surface area contributed by atoms with Crippen molar-refractivity contribution in [1.29, 1.82) is 0 Å². The number of hydrogen-bond acceptors (Lipinski definition) is 11. The zero-order chi connectivity index (χ0) is 40.3. The number of hydrogen-bond donors (Lipinski definition) is 2. The van der Waals surface area contributed by atoms with Crippen LogP contribution in [0.5, 0.6) is 0 Å². The number of carbonyl (C=O) groups excluding carboxylic acids is 2. The van der Waals surface area contributed by atoms with Crippen molar-refractivity contribution in [2.75, 3.05) is 79.7 Å². The van der Waals surface area contributed by atoms with Gasteiger partial charge in [0.25, 0.3) is 0 Å². The molecule has 2 amide bonds. The van der Waals surface area contributed by atoms with Crippen LogP contribution in [0, 0.1) is 5.92 Å². The van der Waals surface area contributed by atoms with Crippen LogP contribution in [0.15, 0.2) is 35.5 Å². The third-order valence-electron chi connectivity index (χ3n) is 12.3. The van der Waals surface area contributed by atoms with E-state index in [1.807, 2.05) is 18.2 Å². The van der Waals surface area contributed by atoms with E-state index in [2.05, 4.69) is 33.4 Å². The molecule has 0 radical (unpaired) electrons. The van der Waals surface area contributed by atoms with Crippen LogP contribution in [-0.4, -0.2) is 127 Å². The second kappa shape index (κ2) is 20.8. The van der Waals surface area contributed by atoms with Crippen molar-refractivity contribution in [3.63, 3.8) is 0 Å². The first-order chi connectivity index (χ1) is 28.4. The largest absolute Gasteiger partial charge is 0.381 e. The third kappa shape index (κ3) is 10.4. The summed E-state index contributed by atoms with van der Waals surface area (Å²) in [4.78, 5) is 52.5. The molecule has 15 heteroatoms. The molecular weight excluding hydrogens is 743 g/mol. The van der Waals surface area contributed by atoms with Crippen molar-refractivity contribution < 1.29 is 33.3 Å². The average molecular weight is 804 g/mol. The molecule has 1 aliphatic carbocycles. The first-order valence-electron chi connectivity index (χ1n) is 21.3. The summed E-state index contributed by atoms with van der Waals surface area (Å²) in [7, 11) is 3.94.